The normalized spacial score (nSPS) is 12.4. The summed E-state index contributed by atoms with van der Waals surface area (Å²) in [5.74, 6) is 0.361. The molecule has 0 radical (unpaired) electrons. The van der Waals surface area contributed by atoms with E-state index in [2.05, 4.69) is 10.6 Å². The van der Waals surface area contributed by atoms with Gasteiger partial charge in [-0.05, 0) is 43.7 Å². The smallest absolute Gasteiger partial charge is 0.265 e. The molecule has 31 heavy (non-hydrogen) atoms. The van der Waals surface area contributed by atoms with E-state index in [1.54, 1.807) is 49.4 Å². The lowest BCUT2D eigenvalue weighted by Crippen LogP contribution is -2.32. The lowest BCUT2D eigenvalue weighted by atomic mass is 10.1. The van der Waals surface area contributed by atoms with Gasteiger partial charge in [0.25, 0.3) is 11.8 Å². The Bertz CT molecular complexity index is 1040. The SMILES string of the molecule is COc1ccccc1OC(C)C(=O)Nc1ccccc1C(=O)NC(C)c1ccccc1. The largest absolute Gasteiger partial charge is 0.493 e. The monoisotopic (exact) mass is 418 g/mol. The van der Waals surface area contributed by atoms with Crippen LogP contribution in [0.15, 0.2) is 78.9 Å². The molecule has 0 aliphatic carbocycles. The number of para-hydroxylation sites is 3. The molecule has 2 N–H and O–H groups in total. The van der Waals surface area contributed by atoms with Crippen molar-refractivity contribution in [3.63, 3.8) is 0 Å². The number of anilines is 1. The maximum absolute atomic E-state index is 12.9. The fourth-order valence-corrected chi connectivity index (χ4v) is 3.08. The first-order chi connectivity index (χ1) is 15.0. The fourth-order valence-electron chi connectivity index (χ4n) is 3.08. The number of ether oxygens (including phenoxy) is 2. The Kier molecular flexibility index (Phi) is 7.27. The average Bonchev–Trinajstić information content (AvgIpc) is 2.80. The minimum atomic E-state index is -0.796. The highest BCUT2D eigenvalue weighted by Gasteiger charge is 2.20. The molecule has 3 aromatic carbocycles. The van der Waals surface area contributed by atoms with Crippen molar-refractivity contribution in [2.75, 3.05) is 12.4 Å². The van der Waals surface area contributed by atoms with E-state index in [-0.39, 0.29) is 17.9 Å². The van der Waals surface area contributed by atoms with Crippen LogP contribution in [0.5, 0.6) is 11.5 Å². The highest BCUT2D eigenvalue weighted by atomic mass is 16.5. The minimum Gasteiger partial charge on any atom is -0.493 e. The minimum absolute atomic E-state index is 0.176. The van der Waals surface area contributed by atoms with Gasteiger partial charge in [-0.15, -0.1) is 0 Å². The van der Waals surface area contributed by atoms with Crippen molar-refractivity contribution in [3.8, 4) is 11.5 Å². The molecule has 0 bridgehead atoms. The molecule has 3 aromatic rings. The van der Waals surface area contributed by atoms with E-state index in [1.807, 2.05) is 43.3 Å². The van der Waals surface area contributed by atoms with E-state index in [0.29, 0.717) is 22.7 Å². The van der Waals surface area contributed by atoms with Gasteiger partial charge in [-0.2, -0.15) is 0 Å². The number of carbonyl (C=O) groups is 2. The fraction of sp³-hybridized carbons (Fsp3) is 0.200. The van der Waals surface area contributed by atoms with E-state index in [9.17, 15) is 9.59 Å². The molecule has 2 atom stereocenters. The zero-order chi connectivity index (χ0) is 22.2. The quantitative estimate of drug-likeness (QED) is 0.561. The zero-order valence-electron chi connectivity index (χ0n) is 17.8. The summed E-state index contributed by atoms with van der Waals surface area (Å²) >= 11 is 0. The summed E-state index contributed by atoms with van der Waals surface area (Å²) in [5, 5.41) is 5.77. The number of methoxy groups -OCH3 is 1. The molecule has 160 valence electrons. The lowest BCUT2D eigenvalue weighted by Gasteiger charge is -2.19. The second-order valence-corrected chi connectivity index (χ2v) is 7.05. The summed E-state index contributed by atoms with van der Waals surface area (Å²) in [6, 6.07) is 23.5. The molecule has 0 aliphatic rings. The van der Waals surface area contributed by atoms with Gasteiger partial charge in [-0.25, -0.2) is 0 Å². The first-order valence-electron chi connectivity index (χ1n) is 10.0. The first kappa shape index (κ1) is 21.9. The Labute approximate surface area is 182 Å². The van der Waals surface area contributed by atoms with Gasteiger partial charge in [0.15, 0.2) is 17.6 Å². The van der Waals surface area contributed by atoms with Crippen LogP contribution in [0.25, 0.3) is 0 Å². The standard InChI is InChI=1S/C25H26N2O4/c1-17(19-11-5-4-6-12-19)26-25(29)20-13-7-8-14-21(20)27-24(28)18(2)31-23-16-10-9-15-22(23)30-3/h4-18H,1-3H3,(H,26,29)(H,27,28). The van der Waals surface area contributed by atoms with Gasteiger partial charge >= 0.3 is 0 Å². The van der Waals surface area contributed by atoms with Crippen LogP contribution < -0.4 is 20.1 Å². The second-order valence-electron chi connectivity index (χ2n) is 7.05. The van der Waals surface area contributed by atoms with Crippen molar-refractivity contribution >= 4 is 17.5 Å². The third-order valence-corrected chi connectivity index (χ3v) is 4.82. The highest BCUT2D eigenvalue weighted by molar-refractivity contribution is 6.04. The summed E-state index contributed by atoms with van der Waals surface area (Å²) in [7, 11) is 1.54. The third kappa shape index (κ3) is 5.63. The maximum atomic E-state index is 12.9. The average molecular weight is 418 g/mol. The number of hydrogen-bond acceptors (Lipinski definition) is 4. The van der Waals surface area contributed by atoms with Gasteiger partial charge in [-0.1, -0.05) is 54.6 Å². The van der Waals surface area contributed by atoms with Gasteiger partial charge in [0.2, 0.25) is 0 Å². The summed E-state index contributed by atoms with van der Waals surface area (Å²) in [6.45, 7) is 3.56. The molecule has 0 heterocycles. The molecule has 2 amide bonds. The van der Waals surface area contributed by atoms with Crippen molar-refractivity contribution in [1.29, 1.82) is 0 Å². The maximum Gasteiger partial charge on any atom is 0.265 e. The van der Waals surface area contributed by atoms with Crippen molar-refractivity contribution in [2.45, 2.75) is 26.0 Å². The molecule has 0 aliphatic heterocycles. The molecule has 0 aromatic heterocycles. The van der Waals surface area contributed by atoms with E-state index < -0.39 is 6.10 Å². The Morgan fingerprint density at radius 1 is 0.806 bits per heavy atom. The third-order valence-electron chi connectivity index (χ3n) is 4.82. The Morgan fingerprint density at radius 2 is 1.42 bits per heavy atom. The summed E-state index contributed by atoms with van der Waals surface area (Å²) in [5.41, 5.74) is 1.79. The van der Waals surface area contributed by atoms with Gasteiger partial charge in [0.05, 0.1) is 24.4 Å². The molecule has 6 heteroatoms. The molecule has 0 saturated heterocycles. The molecule has 0 fully saturated rings. The van der Waals surface area contributed by atoms with Crippen LogP contribution in [-0.4, -0.2) is 25.0 Å². The predicted octanol–water partition coefficient (Wildman–Crippen LogP) is 4.59. The van der Waals surface area contributed by atoms with Crippen molar-refractivity contribution in [3.05, 3.63) is 90.0 Å². The van der Waals surface area contributed by atoms with Crippen molar-refractivity contribution in [2.24, 2.45) is 0 Å². The number of rotatable bonds is 8. The number of carbonyl (C=O) groups excluding carboxylic acids is 2. The number of benzene rings is 3. The van der Waals surface area contributed by atoms with Gasteiger partial charge in [0.1, 0.15) is 0 Å². The summed E-state index contributed by atoms with van der Waals surface area (Å²) < 4.78 is 11.0. The van der Waals surface area contributed by atoms with Crippen LogP contribution in [-0.2, 0) is 4.79 Å². The Hall–Kier alpha value is -3.80. The first-order valence-corrected chi connectivity index (χ1v) is 10.0. The number of amides is 2. The second kappa shape index (κ2) is 10.3. The van der Waals surface area contributed by atoms with Gasteiger partial charge in [0, 0.05) is 0 Å². The van der Waals surface area contributed by atoms with Crippen molar-refractivity contribution < 1.29 is 19.1 Å². The molecule has 0 spiro atoms. The molecule has 3 rings (SSSR count). The van der Waals surface area contributed by atoms with Crippen LogP contribution >= 0.6 is 0 Å². The van der Waals surface area contributed by atoms with E-state index in [4.69, 9.17) is 9.47 Å². The number of hydrogen-bond donors (Lipinski definition) is 2. The Balaban J connectivity index is 1.69. The van der Waals surface area contributed by atoms with E-state index >= 15 is 0 Å². The summed E-state index contributed by atoms with van der Waals surface area (Å²) in [6.07, 6.45) is -0.796. The van der Waals surface area contributed by atoms with E-state index in [0.717, 1.165) is 5.56 Å². The molecule has 6 nitrogen and oxygen atoms in total. The lowest BCUT2D eigenvalue weighted by molar-refractivity contribution is -0.122. The van der Waals surface area contributed by atoms with Crippen molar-refractivity contribution in [1.82, 2.24) is 5.32 Å². The van der Waals surface area contributed by atoms with Crippen LogP contribution in [0.2, 0.25) is 0 Å². The van der Waals surface area contributed by atoms with Gasteiger partial charge in [-0.3, -0.25) is 9.59 Å². The number of nitrogens with one attached hydrogen (secondary N) is 2. The highest BCUT2D eigenvalue weighted by Crippen LogP contribution is 2.27. The molecular formula is C25H26N2O4. The van der Waals surface area contributed by atoms with Crippen LogP contribution in [0.3, 0.4) is 0 Å². The molecular weight excluding hydrogens is 392 g/mol. The molecule has 2 unspecified atom stereocenters. The topological polar surface area (TPSA) is 76.7 Å². The summed E-state index contributed by atoms with van der Waals surface area (Å²) in [4.78, 5) is 25.6. The van der Waals surface area contributed by atoms with Gasteiger partial charge < -0.3 is 20.1 Å². The van der Waals surface area contributed by atoms with Crippen LogP contribution in [0, 0.1) is 0 Å². The zero-order valence-corrected chi connectivity index (χ0v) is 17.8. The van der Waals surface area contributed by atoms with Crippen LogP contribution in [0.4, 0.5) is 5.69 Å². The van der Waals surface area contributed by atoms with E-state index in [1.165, 1.54) is 7.11 Å². The Morgan fingerprint density at radius 3 is 2.13 bits per heavy atom. The molecule has 0 saturated carbocycles. The van der Waals surface area contributed by atoms with Crippen LogP contribution in [0.1, 0.15) is 35.8 Å². The predicted molar refractivity (Wildman–Crippen MR) is 120 cm³/mol.